The first-order valence-electron chi connectivity index (χ1n) is 16.0. The number of nitrogens with one attached hydrogen (secondary N) is 1. The van der Waals surface area contributed by atoms with Crippen LogP contribution < -0.4 is 5.32 Å². The number of hydrogen-bond acceptors (Lipinski definition) is 7. The number of likely N-dealkylation sites (tertiary alicyclic amines) is 1. The molecule has 4 rings (SSSR count). The van der Waals surface area contributed by atoms with E-state index >= 15 is 0 Å². The molecule has 45 heavy (non-hydrogen) atoms. The molecule has 0 unspecified atom stereocenters. The molecule has 12 heteroatoms. The molecule has 4 amide bonds. The Morgan fingerprint density at radius 2 is 1.60 bits per heavy atom. The maximum absolute atomic E-state index is 14.4. The molecule has 3 fully saturated rings. The number of ether oxygens (including phenoxy) is 1. The molecule has 0 radical (unpaired) electrons. The zero-order valence-corrected chi connectivity index (χ0v) is 26.5. The molecule has 3 aliphatic rings. The van der Waals surface area contributed by atoms with Gasteiger partial charge in [-0.3, -0.25) is 28.9 Å². The van der Waals surface area contributed by atoms with Crippen LogP contribution in [-0.4, -0.2) is 99.7 Å². The Morgan fingerprint density at radius 1 is 0.956 bits per heavy atom. The summed E-state index contributed by atoms with van der Waals surface area (Å²) in [6.07, 6.45) is 5.37. The van der Waals surface area contributed by atoms with Gasteiger partial charge in [-0.1, -0.05) is 56.0 Å². The number of aliphatic carboxylic acids is 1. The molecular formula is C33H46N4O8. The van der Waals surface area contributed by atoms with Crippen LogP contribution in [0.5, 0.6) is 0 Å². The van der Waals surface area contributed by atoms with Crippen molar-refractivity contribution >= 4 is 35.6 Å². The first-order chi connectivity index (χ1) is 21.4. The number of rotatable bonds is 12. The number of carbonyl (C=O) groups excluding carboxylic acids is 5. The Morgan fingerprint density at radius 3 is 2.20 bits per heavy atom. The van der Waals surface area contributed by atoms with Crippen LogP contribution in [-0.2, 0) is 35.3 Å². The summed E-state index contributed by atoms with van der Waals surface area (Å²) >= 11 is 0. The van der Waals surface area contributed by atoms with Gasteiger partial charge in [0.05, 0.1) is 6.42 Å². The maximum Gasteiger partial charge on any atom is 0.410 e. The number of likely N-dealkylation sites (N-methyl/N-ethyl adjacent to an activating group) is 2. The average Bonchev–Trinajstić information content (AvgIpc) is 3.81. The SMILES string of the molecule is CC(=O)[C@H](CC(=O)O)N(C)C(=O)[C@H](C1CCCC1)N(C)C(=O)C1(NC(=O)[C@@H]2CCCN2C(=O)OCc2ccccc2)CCCC1. The van der Waals surface area contributed by atoms with E-state index in [4.69, 9.17) is 4.74 Å². The van der Waals surface area contributed by atoms with Gasteiger partial charge < -0.3 is 25.0 Å². The molecule has 2 N–H and O–H groups in total. The highest BCUT2D eigenvalue weighted by molar-refractivity contribution is 5.98. The van der Waals surface area contributed by atoms with Crippen molar-refractivity contribution in [3.05, 3.63) is 35.9 Å². The minimum Gasteiger partial charge on any atom is -0.481 e. The van der Waals surface area contributed by atoms with Crippen molar-refractivity contribution in [2.24, 2.45) is 5.92 Å². The number of benzene rings is 1. The highest BCUT2D eigenvalue weighted by atomic mass is 16.6. The number of carboxylic acid groups (broad SMARTS) is 1. The zero-order chi connectivity index (χ0) is 32.7. The lowest BCUT2D eigenvalue weighted by Gasteiger charge is -2.41. The fraction of sp³-hybridized carbons (Fsp3) is 0.636. The molecule has 2 saturated carbocycles. The lowest BCUT2D eigenvalue weighted by atomic mass is 9.90. The van der Waals surface area contributed by atoms with Crippen LogP contribution in [0.2, 0.25) is 0 Å². The van der Waals surface area contributed by atoms with E-state index in [2.05, 4.69) is 5.32 Å². The number of Topliss-reactive ketones (excluding diaryl/α,β-unsaturated/α-hetero) is 1. The Kier molecular flexibility index (Phi) is 11.2. The lowest BCUT2D eigenvalue weighted by Crippen LogP contribution is -2.64. The Balaban J connectivity index is 1.51. The van der Waals surface area contributed by atoms with Crippen molar-refractivity contribution in [3.63, 3.8) is 0 Å². The number of hydrogen-bond donors (Lipinski definition) is 2. The zero-order valence-electron chi connectivity index (χ0n) is 26.5. The molecule has 0 aromatic heterocycles. The fourth-order valence-corrected chi connectivity index (χ4v) is 7.25. The molecule has 1 aromatic carbocycles. The molecule has 0 spiro atoms. The summed E-state index contributed by atoms with van der Waals surface area (Å²) in [5.41, 5.74) is -0.413. The lowest BCUT2D eigenvalue weighted by molar-refractivity contribution is -0.154. The molecule has 1 heterocycles. The van der Waals surface area contributed by atoms with E-state index in [1.165, 1.54) is 28.7 Å². The van der Waals surface area contributed by atoms with E-state index in [0.717, 1.165) is 18.4 Å². The Labute approximate surface area is 264 Å². The highest BCUT2D eigenvalue weighted by Gasteiger charge is 2.50. The number of nitrogens with zero attached hydrogens (tertiary/aromatic N) is 3. The minimum absolute atomic E-state index is 0.0830. The smallest absolute Gasteiger partial charge is 0.410 e. The van der Waals surface area contributed by atoms with Crippen LogP contribution in [0.15, 0.2) is 30.3 Å². The van der Waals surface area contributed by atoms with Crippen LogP contribution in [0.3, 0.4) is 0 Å². The van der Waals surface area contributed by atoms with Gasteiger partial charge in [-0.2, -0.15) is 0 Å². The van der Waals surface area contributed by atoms with Crippen molar-refractivity contribution in [1.29, 1.82) is 0 Å². The molecule has 2 aliphatic carbocycles. The van der Waals surface area contributed by atoms with Crippen LogP contribution in [0.25, 0.3) is 0 Å². The molecule has 1 aliphatic heterocycles. The quantitative estimate of drug-likeness (QED) is 0.359. The maximum atomic E-state index is 14.4. The van der Waals surface area contributed by atoms with E-state index < -0.39 is 59.7 Å². The van der Waals surface area contributed by atoms with Crippen molar-refractivity contribution < 1.29 is 38.6 Å². The van der Waals surface area contributed by atoms with Crippen molar-refractivity contribution in [1.82, 2.24) is 20.0 Å². The summed E-state index contributed by atoms with van der Waals surface area (Å²) in [7, 11) is 2.97. The molecule has 1 saturated heterocycles. The van der Waals surface area contributed by atoms with E-state index in [1.54, 1.807) is 7.05 Å². The van der Waals surface area contributed by atoms with Crippen LogP contribution in [0, 0.1) is 5.92 Å². The van der Waals surface area contributed by atoms with Gasteiger partial charge in [-0.15, -0.1) is 0 Å². The molecule has 246 valence electrons. The van der Waals surface area contributed by atoms with Crippen LogP contribution >= 0.6 is 0 Å². The third kappa shape index (κ3) is 7.83. The predicted molar refractivity (Wildman–Crippen MR) is 164 cm³/mol. The first kappa shape index (κ1) is 33.9. The molecular weight excluding hydrogens is 580 g/mol. The highest BCUT2D eigenvalue weighted by Crippen LogP contribution is 2.36. The monoisotopic (exact) mass is 626 g/mol. The second-order valence-corrected chi connectivity index (χ2v) is 12.7. The van der Waals surface area contributed by atoms with Crippen molar-refractivity contribution in [2.75, 3.05) is 20.6 Å². The average molecular weight is 627 g/mol. The summed E-state index contributed by atoms with van der Waals surface area (Å²) in [6, 6.07) is 6.42. The van der Waals surface area contributed by atoms with Gasteiger partial charge in [-0.25, -0.2) is 4.79 Å². The molecule has 0 bridgehead atoms. The summed E-state index contributed by atoms with van der Waals surface area (Å²) in [5, 5.41) is 12.4. The number of carboxylic acids is 1. The van der Waals surface area contributed by atoms with Gasteiger partial charge in [0.1, 0.15) is 30.3 Å². The standard InChI is InChI=1S/C33H46N4O8/c1-22(38)26(20-27(39)40)35(2)30(42)28(24-14-7-8-15-24)36(3)31(43)33(17-9-10-18-33)34-29(41)25-16-11-19-37(25)32(44)45-21-23-12-5-4-6-13-23/h4-6,12-13,24-26,28H,7-11,14-21H2,1-3H3,(H,34,41)(H,39,40)/t25-,26-,28-/m0/s1. The second-order valence-electron chi connectivity index (χ2n) is 12.7. The van der Waals surface area contributed by atoms with Gasteiger partial charge in [0.15, 0.2) is 5.78 Å². The molecule has 12 nitrogen and oxygen atoms in total. The summed E-state index contributed by atoms with van der Waals surface area (Å²) in [5.74, 6) is -3.11. The first-order valence-corrected chi connectivity index (χ1v) is 16.0. The van der Waals surface area contributed by atoms with Gasteiger partial charge in [0.2, 0.25) is 17.7 Å². The normalized spacial score (nSPS) is 20.7. The third-order valence-electron chi connectivity index (χ3n) is 9.71. The largest absolute Gasteiger partial charge is 0.481 e. The summed E-state index contributed by atoms with van der Waals surface area (Å²) in [6.45, 7) is 1.70. The number of carbonyl (C=O) groups is 6. The number of ketones is 1. The molecule has 1 aromatic rings. The number of amides is 4. The van der Waals surface area contributed by atoms with Gasteiger partial charge in [-0.05, 0) is 56.9 Å². The second kappa shape index (κ2) is 14.9. The van der Waals surface area contributed by atoms with Crippen molar-refractivity contribution in [2.45, 2.75) is 108 Å². The molecule has 3 atom stereocenters. The predicted octanol–water partition coefficient (Wildman–Crippen LogP) is 3.12. The van der Waals surface area contributed by atoms with E-state index in [-0.39, 0.29) is 18.4 Å². The van der Waals surface area contributed by atoms with E-state index in [1.807, 2.05) is 30.3 Å². The van der Waals surface area contributed by atoms with E-state index in [0.29, 0.717) is 57.9 Å². The minimum atomic E-state index is -1.25. The van der Waals surface area contributed by atoms with Crippen LogP contribution in [0.1, 0.15) is 83.1 Å². The fourth-order valence-electron chi connectivity index (χ4n) is 7.25. The summed E-state index contributed by atoms with van der Waals surface area (Å²) < 4.78 is 5.50. The summed E-state index contributed by atoms with van der Waals surface area (Å²) in [4.78, 5) is 82.9. The Bertz CT molecular complexity index is 1260. The topological polar surface area (TPSA) is 154 Å². The Hall–Kier alpha value is -3.96. The third-order valence-corrected chi connectivity index (χ3v) is 9.71. The van der Waals surface area contributed by atoms with Gasteiger partial charge in [0, 0.05) is 20.6 Å². The van der Waals surface area contributed by atoms with Crippen LogP contribution in [0.4, 0.5) is 4.79 Å². The van der Waals surface area contributed by atoms with E-state index in [9.17, 15) is 33.9 Å². The van der Waals surface area contributed by atoms with Gasteiger partial charge >= 0.3 is 12.1 Å². The van der Waals surface area contributed by atoms with Gasteiger partial charge in [0.25, 0.3) is 0 Å². The van der Waals surface area contributed by atoms with Crippen molar-refractivity contribution in [3.8, 4) is 0 Å².